The Hall–Kier alpha value is -2.97. The van der Waals surface area contributed by atoms with Crippen LogP contribution >= 0.6 is 0 Å². The number of halogens is 3. The summed E-state index contributed by atoms with van der Waals surface area (Å²) in [6, 6.07) is 6.15. The lowest BCUT2D eigenvalue weighted by atomic mass is 10.2. The molecule has 2 aromatic heterocycles. The fourth-order valence-electron chi connectivity index (χ4n) is 2.89. The molecule has 0 fully saturated rings. The largest absolute Gasteiger partial charge is 0.493 e. The molecule has 3 aromatic rings. The van der Waals surface area contributed by atoms with E-state index in [0.717, 1.165) is 16.8 Å². The average Bonchev–Trinajstić information content (AvgIpc) is 2.87. The van der Waals surface area contributed by atoms with Crippen LogP contribution in [-0.2, 0) is 13.1 Å². The van der Waals surface area contributed by atoms with Gasteiger partial charge in [-0.05, 0) is 24.6 Å². The number of ether oxygens (including phenoxy) is 2. The van der Waals surface area contributed by atoms with Crippen LogP contribution in [0.4, 0.5) is 13.2 Å². The number of hydrogen-bond donors (Lipinski definition) is 0. The Morgan fingerprint density at radius 3 is 2.63 bits per heavy atom. The number of fused-ring (bicyclic) bond motifs is 1. The summed E-state index contributed by atoms with van der Waals surface area (Å²) in [6.07, 6.45) is -1.81. The highest BCUT2D eigenvalue weighted by Gasteiger charge is 2.19. The standard InChI is InChI=1S/C18H18F3N3O3/c1-3-27-15-6-11(4-5-14(15)26-2)9-24-17-13(7-12(19)8-22-17)23(18(24)25)10-16(20)21/h4-8,16H,3,9-10H2,1-2H3. The van der Waals surface area contributed by atoms with E-state index in [2.05, 4.69) is 4.98 Å². The van der Waals surface area contributed by atoms with E-state index in [1.54, 1.807) is 18.2 Å². The number of imidazole rings is 1. The first-order valence-corrected chi connectivity index (χ1v) is 8.27. The number of nitrogens with zero attached hydrogens (tertiary/aromatic N) is 3. The van der Waals surface area contributed by atoms with Crippen molar-refractivity contribution in [2.24, 2.45) is 0 Å². The van der Waals surface area contributed by atoms with Crippen LogP contribution in [0.3, 0.4) is 0 Å². The summed E-state index contributed by atoms with van der Waals surface area (Å²) < 4.78 is 52.1. The number of hydrogen-bond acceptors (Lipinski definition) is 4. The van der Waals surface area contributed by atoms with Crippen molar-refractivity contribution in [1.82, 2.24) is 14.1 Å². The molecule has 9 heteroatoms. The van der Waals surface area contributed by atoms with Crippen molar-refractivity contribution in [1.29, 1.82) is 0 Å². The third-order valence-electron chi connectivity index (χ3n) is 4.01. The Kier molecular flexibility index (Phi) is 5.38. The van der Waals surface area contributed by atoms with Gasteiger partial charge in [-0.15, -0.1) is 0 Å². The Morgan fingerprint density at radius 2 is 1.96 bits per heavy atom. The fourth-order valence-corrected chi connectivity index (χ4v) is 2.89. The molecule has 27 heavy (non-hydrogen) atoms. The molecule has 6 nitrogen and oxygen atoms in total. The van der Waals surface area contributed by atoms with Crippen LogP contribution < -0.4 is 15.2 Å². The van der Waals surface area contributed by atoms with Crippen molar-refractivity contribution in [3.63, 3.8) is 0 Å². The van der Waals surface area contributed by atoms with Gasteiger partial charge in [0.25, 0.3) is 6.43 Å². The quantitative estimate of drug-likeness (QED) is 0.631. The van der Waals surface area contributed by atoms with Crippen molar-refractivity contribution in [3.05, 3.63) is 52.3 Å². The first-order chi connectivity index (χ1) is 12.9. The van der Waals surface area contributed by atoms with Crippen molar-refractivity contribution < 1.29 is 22.6 Å². The van der Waals surface area contributed by atoms with Gasteiger partial charge >= 0.3 is 5.69 Å². The third-order valence-corrected chi connectivity index (χ3v) is 4.01. The zero-order valence-corrected chi connectivity index (χ0v) is 14.8. The molecule has 0 radical (unpaired) electrons. The number of benzene rings is 1. The Bertz CT molecular complexity index is 1010. The number of pyridine rings is 1. The molecule has 144 valence electrons. The van der Waals surface area contributed by atoms with E-state index in [4.69, 9.17) is 9.47 Å². The van der Waals surface area contributed by atoms with Gasteiger partial charge in [0.1, 0.15) is 5.82 Å². The minimum Gasteiger partial charge on any atom is -0.493 e. The molecule has 0 amide bonds. The summed E-state index contributed by atoms with van der Waals surface area (Å²) in [7, 11) is 1.51. The average molecular weight is 381 g/mol. The molecule has 1 aromatic carbocycles. The van der Waals surface area contributed by atoms with Crippen LogP contribution in [-0.4, -0.2) is 34.3 Å². The first kappa shape index (κ1) is 18.8. The molecule has 0 bridgehead atoms. The Labute approximate surface area is 152 Å². The van der Waals surface area contributed by atoms with Crippen LogP contribution in [0.2, 0.25) is 0 Å². The second-order valence-corrected chi connectivity index (χ2v) is 5.78. The third kappa shape index (κ3) is 3.76. The van der Waals surface area contributed by atoms with Crippen LogP contribution in [0.25, 0.3) is 11.2 Å². The predicted octanol–water partition coefficient (Wildman–Crippen LogP) is 3.06. The van der Waals surface area contributed by atoms with Crippen LogP contribution in [0.5, 0.6) is 11.5 Å². The molecule has 0 saturated heterocycles. The second kappa shape index (κ2) is 7.73. The van der Waals surface area contributed by atoms with Gasteiger partial charge in [-0.3, -0.25) is 9.13 Å². The maximum absolute atomic E-state index is 13.5. The second-order valence-electron chi connectivity index (χ2n) is 5.78. The summed E-state index contributed by atoms with van der Waals surface area (Å²) in [5, 5.41) is 0. The van der Waals surface area contributed by atoms with Crippen molar-refractivity contribution >= 4 is 11.2 Å². The topological polar surface area (TPSA) is 58.3 Å². The van der Waals surface area contributed by atoms with E-state index in [9.17, 15) is 18.0 Å². The molecule has 0 aliphatic rings. The van der Waals surface area contributed by atoms with E-state index >= 15 is 0 Å². The molecule has 2 heterocycles. The normalized spacial score (nSPS) is 11.3. The van der Waals surface area contributed by atoms with E-state index in [0.29, 0.717) is 23.7 Å². The molecule has 0 atom stereocenters. The number of alkyl halides is 2. The van der Waals surface area contributed by atoms with E-state index < -0.39 is 24.5 Å². The first-order valence-electron chi connectivity index (χ1n) is 8.27. The summed E-state index contributed by atoms with van der Waals surface area (Å²) in [5.41, 5.74) is 0.162. The number of aromatic nitrogens is 3. The maximum atomic E-state index is 13.5. The summed E-state index contributed by atoms with van der Waals surface area (Å²) in [4.78, 5) is 16.6. The monoisotopic (exact) mass is 381 g/mol. The van der Waals surface area contributed by atoms with Crippen molar-refractivity contribution in [2.75, 3.05) is 13.7 Å². The van der Waals surface area contributed by atoms with Crippen molar-refractivity contribution in [3.8, 4) is 11.5 Å². The molecule has 0 N–H and O–H groups in total. The maximum Gasteiger partial charge on any atom is 0.330 e. The zero-order valence-electron chi connectivity index (χ0n) is 14.8. The lowest BCUT2D eigenvalue weighted by Crippen LogP contribution is -2.27. The molecule has 0 spiro atoms. The minimum atomic E-state index is -2.75. The van der Waals surface area contributed by atoms with Gasteiger partial charge in [0.05, 0.1) is 38.5 Å². The van der Waals surface area contributed by atoms with E-state index in [1.807, 2.05) is 6.92 Å². The summed E-state index contributed by atoms with van der Waals surface area (Å²) in [5.74, 6) is 0.333. The predicted molar refractivity (Wildman–Crippen MR) is 93.2 cm³/mol. The van der Waals surface area contributed by atoms with Crippen LogP contribution in [0.1, 0.15) is 12.5 Å². The highest BCUT2D eigenvalue weighted by atomic mass is 19.3. The van der Waals surface area contributed by atoms with E-state index in [-0.39, 0.29) is 17.7 Å². The molecule has 0 unspecified atom stereocenters. The minimum absolute atomic E-state index is 0.0267. The lowest BCUT2D eigenvalue weighted by Gasteiger charge is -2.11. The molecule has 0 aliphatic heterocycles. The van der Waals surface area contributed by atoms with Gasteiger partial charge in [0.15, 0.2) is 17.1 Å². The number of rotatable bonds is 7. The molecular weight excluding hydrogens is 363 g/mol. The van der Waals surface area contributed by atoms with Gasteiger partial charge < -0.3 is 9.47 Å². The van der Waals surface area contributed by atoms with Crippen molar-refractivity contribution in [2.45, 2.75) is 26.4 Å². The Morgan fingerprint density at radius 1 is 1.19 bits per heavy atom. The fraction of sp³-hybridized carbons (Fsp3) is 0.333. The van der Waals surface area contributed by atoms with Gasteiger partial charge in [0, 0.05) is 6.07 Å². The molecule has 3 rings (SSSR count). The smallest absolute Gasteiger partial charge is 0.330 e. The summed E-state index contributed by atoms with van der Waals surface area (Å²) in [6.45, 7) is 1.48. The molecule has 0 saturated carbocycles. The SMILES string of the molecule is CCOc1cc(Cn2c(=O)n(CC(F)F)c3cc(F)cnc32)ccc1OC. The molecular formula is C18H18F3N3O3. The number of methoxy groups -OCH3 is 1. The van der Waals surface area contributed by atoms with Crippen LogP contribution in [0.15, 0.2) is 35.3 Å². The highest BCUT2D eigenvalue weighted by molar-refractivity contribution is 5.71. The van der Waals surface area contributed by atoms with Gasteiger partial charge in [-0.2, -0.15) is 0 Å². The van der Waals surface area contributed by atoms with Crippen LogP contribution in [0, 0.1) is 5.82 Å². The molecule has 0 aliphatic carbocycles. The zero-order chi connectivity index (χ0) is 19.6. The summed E-state index contributed by atoms with van der Waals surface area (Å²) >= 11 is 0. The highest BCUT2D eigenvalue weighted by Crippen LogP contribution is 2.28. The lowest BCUT2D eigenvalue weighted by molar-refractivity contribution is 0.126. The Balaban J connectivity index is 2.08. The van der Waals surface area contributed by atoms with Gasteiger partial charge in [0.2, 0.25) is 0 Å². The van der Waals surface area contributed by atoms with Gasteiger partial charge in [-0.25, -0.2) is 22.9 Å². The van der Waals surface area contributed by atoms with Gasteiger partial charge in [-0.1, -0.05) is 6.07 Å². The van der Waals surface area contributed by atoms with E-state index in [1.165, 1.54) is 11.7 Å².